The van der Waals surface area contributed by atoms with E-state index in [9.17, 15) is 4.79 Å². The van der Waals surface area contributed by atoms with Crippen molar-refractivity contribution in [1.29, 1.82) is 0 Å². The Bertz CT molecular complexity index is 546. The molecule has 0 spiro atoms. The highest BCUT2D eigenvalue weighted by atomic mass is 79.9. The molecule has 1 fully saturated rings. The molecular formula is C18H26BrNO3. The van der Waals surface area contributed by atoms with Gasteiger partial charge in [0.1, 0.15) is 11.4 Å². The van der Waals surface area contributed by atoms with Crippen LogP contribution in [0.25, 0.3) is 0 Å². The maximum absolute atomic E-state index is 12.0. The second-order valence-electron chi connectivity index (χ2n) is 7.08. The number of hydrogen-bond donors (Lipinski definition) is 0. The molecule has 1 heterocycles. The lowest BCUT2D eigenvalue weighted by atomic mass is 9.98. The average Bonchev–Trinajstić information content (AvgIpc) is 2.47. The zero-order chi connectivity index (χ0) is 17.0. The van der Waals surface area contributed by atoms with Crippen molar-refractivity contribution in [3.8, 4) is 5.75 Å². The molecule has 1 aliphatic heterocycles. The van der Waals surface area contributed by atoms with E-state index in [1.807, 2.05) is 45.9 Å². The van der Waals surface area contributed by atoms with E-state index in [4.69, 9.17) is 9.47 Å². The monoisotopic (exact) mass is 383 g/mol. The zero-order valence-corrected chi connectivity index (χ0v) is 16.0. The number of benzene rings is 1. The number of amides is 1. The third-order valence-electron chi connectivity index (χ3n) is 3.96. The lowest BCUT2D eigenvalue weighted by molar-refractivity contribution is 0.0165. The maximum Gasteiger partial charge on any atom is 0.410 e. The standard InChI is InChI=1S/C18H26BrNO3/c1-13-15(19)6-5-7-16(13)22-12-14-8-10-20(11-9-14)17(21)23-18(2,3)4/h5-7,14H,8-12H2,1-4H3. The van der Waals surface area contributed by atoms with Crippen molar-refractivity contribution in [2.75, 3.05) is 19.7 Å². The maximum atomic E-state index is 12.0. The molecule has 4 nitrogen and oxygen atoms in total. The smallest absolute Gasteiger partial charge is 0.410 e. The summed E-state index contributed by atoms with van der Waals surface area (Å²) in [4.78, 5) is 13.8. The van der Waals surface area contributed by atoms with Crippen molar-refractivity contribution >= 4 is 22.0 Å². The number of likely N-dealkylation sites (tertiary alicyclic amines) is 1. The summed E-state index contributed by atoms with van der Waals surface area (Å²) in [7, 11) is 0. The molecule has 2 rings (SSSR count). The fourth-order valence-corrected chi connectivity index (χ4v) is 2.91. The Hall–Kier alpha value is -1.23. The van der Waals surface area contributed by atoms with Gasteiger partial charge < -0.3 is 14.4 Å². The minimum Gasteiger partial charge on any atom is -0.493 e. The summed E-state index contributed by atoms with van der Waals surface area (Å²) in [6, 6.07) is 5.99. The Balaban J connectivity index is 1.79. The fraction of sp³-hybridized carbons (Fsp3) is 0.611. The van der Waals surface area contributed by atoms with Gasteiger partial charge in [-0.15, -0.1) is 0 Å². The van der Waals surface area contributed by atoms with Gasteiger partial charge in [0.25, 0.3) is 0 Å². The summed E-state index contributed by atoms with van der Waals surface area (Å²) in [6.45, 7) is 9.90. The van der Waals surface area contributed by atoms with Gasteiger partial charge in [-0.2, -0.15) is 0 Å². The normalized spacial score (nSPS) is 16.3. The highest BCUT2D eigenvalue weighted by molar-refractivity contribution is 9.10. The summed E-state index contributed by atoms with van der Waals surface area (Å²) >= 11 is 3.52. The number of carbonyl (C=O) groups is 1. The molecule has 0 atom stereocenters. The van der Waals surface area contributed by atoms with E-state index >= 15 is 0 Å². The van der Waals surface area contributed by atoms with Crippen molar-refractivity contribution < 1.29 is 14.3 Å². The topological polar surface area (TPSA) is 38.8 Å². The largest absolute Gasteiger partial charge is 0.493 e. The molecule has 1 aliphatic rings. The van der Waals surface area contributed by atoms with Crippen molar-refractivity contribution in [1.82, 2.24) is 4.90 Å². The van der Waals surface area contributed by atoms with E-state index in [2.05, 4.69) is 15.9 Å². The van der Waals surface area contributed by atoms with Crippen LogP contribution in [0.1, 0.15) is 39.2 Å². The molecule has 0 aliphatic carbocycles. The lowest BCUT2D eigenvalue weighted by Gasteiger charge is -2.33. The third-order valence-corrected chi connectivity index (χ3v) is 4.82. The van der Waals surface area contributed by atoms with E-state index in [-0.39, 0.29) is 6.09 Å². The first-order valence-electron chi connectivity index (χ1n) is 8.12. The number of piperidine rings is 1. The minimum atomic E-state index is -0.435. The Kier molecular flexibility index (Phi) is 5.95. The van der Waals surface area contributed by atoms with Crippen molar-refractivity contribution in [2.24, 2.45) is 5.92 Å². The minimum absolute atomic E-state index is 0.209. The number of rotatable bonds is 3. The molecule has 0 aromatic heterocycles. The van der Waals surface area contributed by atoms with Gasteiger partial charge in [-0.25, -0.2) is 4.79 Å². The van der Waals surface area contributed by atoms with Crippen molar-refractivity contribution in [3.63, 3.8) is 0 Å². The van der Waals surface area contributed by atoms with E-state index in [0.717, 1.165) is 41.7 Å². The lowest BCUT2D eigenvalue weighted by Crippen LogP contribution is -2.42. The summed E-state index contributed by atoms with van der Waals surface area (Å²) in [5, 5.41) is 0. The highest BCUT2D eigenvalue weighted by Gasteiger charge is 2.27. The van der Waals surface area contributed by atoms with Gasteiger partial charge >= 0.3 is 6.09 Å². The van der Waals surface area contributed by atoms with E-state index in [0.29, 0.717) is 12.5 Å². The number of ether oxygens (including phenoxy) is 2. The van der Waals surface area contributed by atoms with Gasteiger partial charge in [-0.05, 0) is 58.6 Å². The molecule has 0 unspecified atom stereocenters. The molecular weight excluding hydrogens is 358 g/mol. The van der Waals surface area contributed by atoms with Crippen LogP contribution in [0.15, 0.2) is 22.7 Å². The fourth-order valence-electron chi connectivity index (χ4n) is 2.56. The quantitative estimate of drug-likeness (QED) is 0.753. The van der Waals surface area contributed by atoms with Gasteiger partial charge in [0.05, 0.1) is 6.61 Å². The number of halogens is 1. The van der Waals surface area contributed by atoms with Crippen LogP contribution >= 0.6 is 15.9 Å². The van der Waals surface area contributed by atoms with Crippen LogP contribution in [0.5, 0.6) is 5.75 Å². The number of carbonyl (C=O) groups excluding carboxylic acids is 1. The molecule has 1 aromatic rings. The van der Waals surface area contributed by atoms with Gasteiger partial charge in [0.2, 0.25) is 0 Å². The van der Waals surface area contributed by atoms with Gasteiger partial charge in [0, 0.05) is 23.1 Å². The number of hydrogen-bond acceptors (Lipinski definition) is 3. The Morgan fingerprint density at radius 1 is 1.30 bits per heavy atom. The average molecular weight is 384 g/mol. The zero-order valence-electron chi connectivity index (χ0n) is 14.4. The van der Waals surface area contributed by atoms with Gasteiger partial charge in [0.15, 0.2) is 0 Å². The predicted molar refractivity (Wildman–Crippen MR) is 94.9 cm³/mol. The molecule has 1 amide bonds. The molecule has 0 bridgehead atoms. The Morgan fingerprint density at radius 3 is 2.57 bits per heavy atom. The first-order chi connectivity index (χ1) is 10.8. The predicted octanol–water partition coefficient (Wildman–Crippen LogP) is 4.78. The molecule has 5 heteroatoms. The van der Waals surface area contributed by atoms with Crippen LogP contribution in [-0.2, 0) is 4.74 Å². The summed E-state index contributed by atoms with van der Waals surface area (Å²) in [6.07, 6.45) is 1.69. The van der Waals surface area contributed by atoms with E-state index < -0.39 is 5.60 Å². The van der Waals surface area contributed by atoms with Crippen LogP contribution in [-0.4, -0.2) is 36.3 Å². The van der Waals surface area contributed by atoms with E-state index in [1.54, 1.807) is 4.90 Å². The SMILES string of the molecule is Cc1c(Br)cccc1OCC1CCN(C(=O)OC(C)(C)C)CC1. The molecule has 23 heavy (non-hydrogen) atoms. The summed E-state index contributed by atoms with van der Waals surface area (Å²) in [5.41, 5.74) is 0.689. The Labute approximate surface area is 147 Å². The third kappa shape index (κ3) is 5.41. The first kappa shape index (κ1) is 18.1. The first-order valence-corrected chi connectivity index (χ1v) is 8.91. The van der Waals surface area contributed by atoms with Crippen LogP contribution in [0, 0.1) is 12.8 Å². The van der Waals surface area contributed by atoms with Crippen molar-refractivity contribution in [2.45, 2.75) is 46.1 Å². The molecule has 1 saturated heterocycles. The van der Waals surface area contributed by atoms with Crippen LogP contribution < -0.4 is 4.74 Å². The van der Waals surface area contributed by atoms with Crippen molar-refractivity contribution in [3.05, 3.63) is 28.2 Å². The highest BCUT2D eigenvalue weighted by Crippen LogP contribution is 2.27. The van der Waals surface area contributed by atoms with Gasteiger partial charge in [-0.3, -0.25) is 0 Å². The van der Waals surface area contributed by atoms with Crippen LogP contribution in [0.4, 0.5) is 4.79 Å². The van der Waals surface area contributed by atoms with Crippen LogP contribution in [0.2, 0.25) is 0 Å². The summed E-state index contributed by atoms with van der Waals surface area (Å²) < 4.78 is 12.5. The summed E-state index contributed by atoms with van der Waals surface area (Å²) in [5.74, 6) is 1.40. The van der Waals surface area contributed by atoms with Gasteiger partial charge in [-0.1, -0.05) is 22.0 Å². The molecule has 0 N–H and O–H groups in total. The Morgan fingerprint density at radius 2 is 1.96 bits per heavy atom. The number of nitrogens with zero attached hydrogens (tertiary/aromatic N) is 1. The second kappa shape index (κ2) is 7.56. The van der Waals surface area contributed by atoms with E-state index in [1.165, 1.54) is 0 Å². The van der Waals surface area contributed by atoms with Crippen LogP contribution in [0.3, 0.4) is 0 Å². The second-order valence-corrected chi connectivity index (χ2v) is 7.94. The molecule has 0 saturated carbocycles. The molecule has 128 valence electrons. The molecule has 0 radical (unpaired) electrons. The molecule has 1 aromatic carbocycles.